The van der Waals surface area contributed by atoms with Crippen molar-refractivity contribution in [2.75, 3.05) is 6.67 Å². The van der Waals surface area contributed by atoms with Crippen LogP contribution in [0, 0.1) is 35.0 Å². The van der Waals surface area contributed by atoms with Gasteiger partial charge in [0.15, 0.2) is 0 Å². The predicted octanol–water partition coefficient (Wildman–Crippen LogP) is 5.04. The molecule has 0 aliphatic heterocycles. The highest BCUT2D eigenvalue weighted by Gasteiger charge is 2.30. The average Bonchev–Trinajstić information content (AvgIpc) is 2.48. The molecule has 0 heterocycles. The fraction of sp³-hybridized carbons (Fsp3) is 0.824. The van der Waals surface area contributed by atoms with Gasteiger partial charge in [-0.2, -0.15) is 5.26 Å². The molecule has 0 radical (unpaired) electrons. The van der Waals surface area contributed by atoms with E-state index in [1.165, 1.54) is 38.5 Å². The van der Waals surface area contributed by atoms with Crippen molar-refractivity contribution in [1.29, 1.82) is 5.26 Å². The van der Waals surface area contributed by atoms with Gasteiger partial charge in [-0.25, -0.2) is 0 Å². The molecule has 0 aromatic heterocycles. The molecule has 2 aliphatic rings. The second-order valence-corrected chi connectivity index (χ2v) is 6.32. The number of nitriles is 1. The zero-order valence-electron chi connectivity index (χ0n) is 11.9. The summed E-state index contributed by atoms with van der Waals surface area (Å²) in [5.74, 6) is 2.79. The minimum absolute atomic E-state index is 0.228. The maximum absolute atomic E-state index is 12.0. The van der Waals surface area contributed by atoms with E-state index < -0.39 is 0 Å². The lowest BCUT2D eigenvalue weighted by Crippen LogP contribution is -2.25. The summed E-state index contributed by atoms with van der Waals surface area (Å²) in [6, 6.07) is 2.42. The number of halogens is 1. The highest BCUT2D eigenvalue weighted by molar-refractivity contribution is 4.93. The maximum atomic E-state index is 12.0. The van der Waals surface area contributed by atoms with E-state index in [2.05, 4.69) is 12.1 Å². The van der Waals surface area contributed by atoms with Gasteiger partial charge in [0.2, 0.25) is 0 Å². The minimum atomic E-state index is -0.228. The number of nitrogens with zero attached hydrogens (tertiary/aromatic N) is 1. The van der Waals surface area contributed by atoms with Gasteiger partial charge in [0.05, 0.1) is 12.7 Å². The lowest BCUT2D eigenvalue weighted by molar-refractivity contribution is 0.168. The number of hydrogen-bond acceptors (Lipinski definition) is 1. The van der Waals surface area contributed by atoms with Gasteiger partial charge < -0.3 is 0 Å². The van der Waals surface area contributed by atoms with Gasteiger partial charge in [0, 0.05) is 5.92 Å². The molecule has 1 nitrogen and oxygen atoms in total. The van der Waals surface area contributed by atoms with Crippen LogP contribution in [0.25, 0.3) is 0 Å². The van der Waals surface area contributed by atoms with E-state index in [4.69, 9.17) is 5.26 Å². The fourth-order valence-corrected chi connectivity index (χ4v) is 3.88. The van der Waals surface area contributed by atoms with E-state index in [9.17, 15) is 4.39 Å². The van der Waals surface area contributed by atoms with Crippen LogP contribution in [-0.2, 0) is 0 Å². The van der Waals surface area contributed by atoms with Crippen molar-refractivity contribution >= 4 is 0 Å². The topological polar surface area (TPSA) is 23.8 Å². The van der Waals surface area contributed by atoms with Crippen molar-refractivity contribution in [1.82, 2.24) is 0 Å². The number of allylic oxidation sites excluding steroid dienone is 2. The molecule has 0 aromatic carbocycles. The summed E-state index contributed by atoms with van der Waals surface area (Å²) in [5, 5.41) is 8.94. The Morgan fingerprint density at radius 1 is 0.947 bits per heavy atom. The molecule has 19 heavy (non-hydrogen) atoms. The predicted molar refractivity (Wildman–Crippen MR) is 76.2 cm³/mol. The summed E-state index contributed by atoms with van der Waals surface area (Å²) >= 11 is 0. The van der Waals surface area contributed by atoms with Gasteiger partial charge in [-0.1, -0.05) is 12.2 Å². The largest absolute Gasteiger partial charge is 0.251 e. The molecule has 0 unspecified atom stereocenters. The van der Waals surface area contributed by atoms with Gasteiger partial charge in [0.25, 0.3) is 0 Å². The molecule has 2 fully saturated rings. The standard InChI is InChI=1S/C17H26FN/c18-12-2-1-3-14-4-8-16(9-5-14)17-10-6-15(13-19)7-11-17/h1,3,14-17H,2,4-12H2/b3-1+. The second kappa shape index (κ2) is 7.68. The maximum Gasteiger partial charge on any atom is 0.0928 e. The first-order valence-corrected chi connectivity index (χ1v) is 7.95. The van der Waals surface area contributed by atoms with E-state index in [0.717, 1.165) is 24.7 Å². The molecule has 0 aromatic rings. The molecule has 2 rings (SSSR count). The third kappa shape index (κ3) is 4.34. The van der Waals surface area contributed by atoms with E-state index in [1.54, 1.807) is 0 Å². The van der Waals surface area contributed by atoms with E-state index in [-0.39, 0.29) is 6.67 Å². The number of hydrogen-bond donors (Lipinski definition) is 0. The molecule has 106 valence electrons. The molecule has 0 bridgehead atoms. The van der Waals surface area contributed by atoms with Crippen molar-refractivity contribution in [3.05, 3.63) is 12.2 Å². The molecule has 2 heteroatoms. The van der Waals surface area contributed by atoms with E-state index in [0.29, 0.717) is 18.3 Å². The first-order valence-electron chi connectivity index (χ1n) is 7.95. The monoisotopic (exact) mass is 263 g/mol. The zero-order chi connectivity index (χ0) is 13.5. The van der Waals surface area contributed by atoms with E-state index in [1.807, 2.05) is 6.08 Å². The average molecular weight is 263 g/mol. The van der Waals surface area contributed by atoms with Crippen LogP contribution in [0.15, 0.2) is 12.2 Å². The molecule has 0 saturated heterocycles. The molecule has 2 aliphatic carbocycles. The Balaban J connectivity index is 1.70. The van der Waals surface area contributed by atoms with Crippen molar-refractivity contribution in [2.45, 2.75) is 57.8 Å². The fourth-order valence-electron chi connectivity index (χ4n) is 3.88. The van der Waals surface area contributed by atoms with Crippen LogP contribution in [0.3, 0.4) is 0 Å². The van der Waals surface area contributed by atoms with Crippen LogP contribution in [0.1, 0.15) is 57.8 Å². The zero-order valence-corrected chi connectivity index (χ0v) is 11.9. The Bertz CT molecular complexity index is 315. The van der Waals surface area contributed by atoms with Gasteiger partial charge in [-0.3, -0.25) is 4.39 Å². The normalized spacial score (nSPS) is 36.2. The summed E-state index contributed by atoms with van der Waals surface area (Å²) in [7, 11) is 0. The molecule has 0 spiro atoms. The first kappa shape index (κ1) is 14.6. The summed E-state index contributed by atoms with van der Waals surface area (Å²) < 4.78 is 12.0. The third-order valence-corrected chi connectivity index (χ3v) is 5.12. The number of alkyl halides is 1. The quantitative estimate of drug-likeness (QED) is 0.652. The number of rotatable bonds is 4. The van der Waals surface area contributed by atoms with Crippen LogP contribution in [0.5, 0.6) is 0 Å². The van der Waals surface area contributed by atoms with Gasteiger partial charge in [-0.15, -0.1) is 0 Å². The lowest BCUT2D eigenvalue weighted by atomic mass is 9.69. The van der Waals surface area contributed by atoms with Crippen LogP contribution in [0.4, 0.5) is 4.39 Å². The van der Waals surface area contributed by atoms with Gasteiger partial charge >= 0.3 is 0 Å². The molecule has 0 atom stereocenters. The summed E-state index contributed by atoms with van der Waals surface area (Å²) in [5.41, 5.74) is 0. The summed E-state index contributed by atoms with van der Waals surface area (Å²) in [6.45, 7) is -0.228. The van der Waals surface area contributed by atoms with Gasteiger partial charge in [-0.05, 0) is 75.5 Å². The van der Waals surface area contributed by atoms with Crippen molar-refractivity contribution in [2.24, 2.45) is 23.7 Å². The van der Waals surface area contributed by atoms with Crippen molar-refractivity contribution in [3.63, 3.8) is 0 Å². The Hall–Kier alpha value is -0.840. The first-order chi connectivity index (χ1) is 9.33. The Morgan fingerprint density at radius 2 is 1.53 bits per heavy atom. The molecular weight excluding hydrogens is 237 g/mol. The summed E-state index contributed by atoms with van der Waals surface area (Å²) in [6.07, 6.45) is 14.9. The Morgan fingerprint density at radius 3 is 2.05 bits per heavy atom. The third-order valence-electron chi connectivity index (χ3n) is 5.12. The van der Waals surface area contributed by atoms with Crippen LogP contribution < -0.4 is 0 Å². The Kier molecular flexibility index (Phi) is 5.89. The summed E-state index contributed by atoms with van der Waals surface area (Å²) in [4.78, 5) is 0. The molecule has 0 amide bonds. The smallest absolute Gasteiger partial charge is 0.0928 e. The SMILES string of the molecule is N#CC1CCC(C2CCC(/C=C/CCF)CC2)CC1. The highest BCUT2D eigenvalue weighted by Crippen LogP contribution is 2.41. The second-order valence-electron chi connectivity index (χ2n) is 6.32. The van der Waals surface area contributed by atoms with Crippen molar-refractivity contribution in [3.8, 4) is 6.07 Å². The molecular formula is C17H26FN. The van der Waals surface area contributed by atoms with Gasteiger partial charge in [0.1, 0.15) is 0 Å². The minimum Gasteiger partial charge on any atom is -0.251 e. The van der Waals surface area contributed by atoms with E-state index >= 15 is 0 Å². The van der Waals surface area contributed by atoms with Crippen LogP contribution in [0.2, 0.25) is 0 Å². The Labute approximate surface area is 116 Å². The van der Waals surface area contributed by atoms with Crippen LogP contribution >= 0.6 is 0 Å². The highest BCUT2D eigenvalue weighted by atomic mass is 19.1. The molecule has 2 saturated carbocycles. The lowest BCUT2D eigenvalue weighted by Gasteiger charge is -2.36. The van der Waals surface area contributed by atoms with Crippen molar-refractivity contribution < 1.29 is 4.39 Å². The molecule has 0 N–H and O–H groups in total. The van der Waals surface area contributed by atoms with Crippen LogP contribution in [-0.4, -0.2) is 6.67 Å².